The maximum Gasteiger partial charge on any atom is 0.148 e. The molecule has 3 nitrogen and oxygen atoms in total. The molecule has 0 amide bonds. The molecule has 2 aliphatic heterocycles. The van der Waals surface area contributed by atoms with Gasteiger partial charge < -0.3 is 14.8 Å². The average molecular weight is 145 g/mol. The van der Waals surface area contributed by atoms with Gasteiger partial charge in [0.15, 0.2) is 0 Å². The van der Waals surface area contributed by atoms with E-state index in [9.17, 15) is 0 Å². The fourth-order valence-electron chi connectivity index (χ4n) is 1.11. The van der Waals surface area contributed by atoms with Crippen LogP contribution in [0.3, 0.4) is 0 Å². The Morgan fingerprint density at radius 1 is 1.56 bits per heavy atom. The Bertz CT molecular complexity index is 150. The Kier molecular flexibility index (Phi) is 1.18. The first-order chi connectivity index (χ1) is 4.38. The Morgan fingerprint density at radius 2 is 2.44 bits per heavy atom. The predicted molar refractivity (Wildman–Crippen MR) is 35.2 cm³/mol. The summed E-state index contributed by atoms with van der Waals surface area (Å²) in [5, 5.41) is 3.00. The van der Waals surface area contributed by atoms with Gasteiger partial charge in [0.1, 0.15) is 24.0 Å². The lowest BCUT2D eigenvalue weighted by Crippen LogP contribution is -2.23. The summed E-state index contributed by atoms with van der Waals surface area (Å²) in [6.45, 7) is 1.21. The van der Waals surface area contributed by atoms with Gasteiger partial charge in [-0.1, -0.05) is 12.2 Å². The zero-order valence-electron chi connectivity index (χ0n) is 4.79. The van der Waals surface area contributed by atoms with Gasteiger partial charge in [-0.2, -0.15) is 0 Å². The third-order valence-electron chi connectivity index (χ3n) is 1.60. The molecule has 2 rings (SSSR count). The maximum atomic E-state index is 5.18. The molecule has 0 aromatic rings. The number of rotatable bonds is 0. The molecule has 2 aliphatic rings. The summed E-state index contributed by atoms with van der Waals surface area (Å²) in [6.07, 6.45) is 0.220. The van der Waals surface area contributed by atoms with E-state index in [2.05, 4.69) is 5.32 Å². The van der Waals surface area contributed by atoms with Gasteiger partial charge >= 0.3 is 0 Å². The molecular weight excluding hydrogens is 138 g/mol. The summed E-state index contributed by atoms with van der Waals surface area (Å²) >= 11 is 4.94. The van der Waals surface area contributed by atoms with Crippen LogP contribution < -0.4 is 5.32 Å². The highest BCUT2D eigenvalue weighted by molar-refractivity contribution is 7.80. The minimum atomic E-state index is 0.0417. The molecule has 0 aromatic carbocycles. The molecule has 0 unspecified atom stereocenters. The second-order valence-electron chi connectivity index (χ2n) is 2.16. The third kappa shape index (κ3) is 0.745. The van der Waals surface area contributed by atoms with Gasteiger partial charge in [-0.05, 0) is 0 Å². The van der Waals surface area contributed by atoms with Crippen LogP contribution >= 0.6 is 12.2 Å². The van der Waals surface area contributed by atoms with Crippen LogP contribution in [0.2, 0.25) is 0 Å². The zero-order valence-corrected chi connectivity index (χ0v) is 5.61. The average Bonchev–Trinajstić information content (AvgIpc) is 2.35. The fraction of sp³-hybridized carbons (Fsp3) is 0.800. The Hall–Kier alpha value is -0.190. The highest BCUT2D eigenvalue weighted by Crippen LogP contribution is 2.17. The zero-order chi connectivity index (χ0) is 6.27. The highest BCUT2D eigenvalue weighted by atomic mass is 32.1. The summed E-state index contributed by atoms with van der Waals surface area (Å²) in [7, 11) is 0. The maximum absolute atomic E-state index is 5.18. The minimum Gasteiger partial charge on any atom is -0.375 e. The molecule has 2 saturated heterocycles. The first-order valence-electron chi connectivity index (χ1n) is 2.89. The van der Waals surface area contributed by atoms with Crippen molar-refractivity contribution in [3.8, 4) is 0 Å². The van der Waals surface area contributed by atoms with Gasteiger partial charge in [-0.15, -0.1) is 0 Å². The second kappa shape index (κ2) is 1.90. The number of hydrogen-bond acceptors (Lipinski definition) is 3. The smallest absolute Gasteiger partial charge is 0.148 e. The SMILES string of the molecule is S=C1NC[C@H]2OCO[C@@H]12. The lowest BCUT2D eigenvalue weighted by molar-refractivity contribution is 0.0422. The van der Waals surface area contributed by atoms with Gasteiger partial charge in [-0.3, -0.25) is 0 Å². The molecule has 9 heavy (non-hydrogen) atoms. The van der Waals surface area contributed by atoms with Crippen molar-refractivity contribution in [1.82, 2.24) is 5.32 Å². The molecule has 4 heteroatoms. The molecular formula is C5H7NO2S. The molecule has 0 saturated carbocycles. The highest BCUT2D eigenvalue weighted by Gasteiger charge is 2.37. The van der Waals surface area contributed by atoms with Crippen LogP contribution in [0.5, 0.6) is 0 Å². The molecule has 0 bridgehead atoms. The van der Waals surface area contributed by atoms with E-state index >= 15 is 0 Å². The van der Waals surface area contributed by atoms with Crippen LogP contribution in [0.1, 0.15) is 0 Å². The minimum absolute atomic E-state index is 0.0417. The molecule has 2 fully saturated rings. The molecule has 0 spiro atoms. The summed E-state index contributed by atoms with van der Waals surface area (Å²) < 4.78 is 10.3. The third-order valence-corrected chi connectivity index (χ3v) is 1.98. The van der Waals surface area contributed by atoms with E-state index in [-0.39, 0.29) is 12.2 Å². The molecule has 0 radical (unpaired) electrons. The van der Waals surface area contributed by atoms with Crippen molar-refractivity contribution < 1.29 is 9.47 Å². The molecule has 1 N–H and O–H groups in total. The summed E-state index contributed by atoms with van der Waals surface area (Å²) in [4.78, 5) is 0.789. The van der Waals surface area contributed by atoms with Crippen LogP contribution in [0.25, 0.3) is 0 Å². The van der Waals surface area contributed by atoms with Crippen LogP contribution in [0.4, 0.5) is 0 Å². The number of ether oxygens (including phenoxy) is 2. The van der Waals surface area contributed by atoms with Crippen molar-refractivity contribution in [2.75, 3.05) is 13.3 Å². The second-order valence-corrected chi connectivity index (χ2v) is 2.60. The summed E-state index contributed by atoms with van der Waals surface area (Å²) in [5.41, 5.74) is 0. The van der Waals surface area contributed by atoms with E-state index in [1.807, 2.05) is 0 Å². The van der Waals surface area contributed by atoms with E-state index in [0.717, 1.165) is 11.5 Å². The van der Waals surface area contributed by atoms with Gasteiger partial charge in [0, 0.05) is 6.54 Å². The Labute approximate surface area is 58.3 Å². The first kappa shape index (κ1) is 5.58. The van der Waals surface area contributed by atoms with Crippen molar-refractivity contribution in [2.24, 2.45) is 0 Å². The summed E-state index contributed by atoms with van der Waals surface area (Å²) in [6, 6.07) is 0. The number of thiocarbonyl (C=S) groups is 1. The predicted octanol–water partition coefficient (Wildman–Crippen LogP) is -0.342. The van der Waals surface area contributed by atoms with Crippen molar-refractivity contribution >= 4 is 17.2 Å². The Balaban J connectivity index is 2.15. The quantitative estimate of drug-likeness (QED) is 0.472. The Morgan fingerprint density at radius 3 is 3.22 bits per heavy atom. The van der Waals surface area contributed by atoms with Crippen LogP contribution in [-0.4, -0.2) is 30.5 Å². The van der Waals surface area contributed by atoms with Gasteiger partial charge in [0.05, 0.1) is 0 Å². The van der Waals surface area contributed by atoms with E-state index in [1.165, 1.54) is 0 Å². The topological polar surface area (TPSA) is 30.5 Å². The van der Waals surface area contributed by atoms with E-state index in [4.69, 9.17) is 21.7 Å². The van der Waals surface area contributed by atoms with E-state index in [0.29, 0.717) is 6.79 Å². The lowest BCUT2D eigenvalue weighted by atomic mass is 10.3. The molecule has 50 valence electrons. The van der Waals surface area contributed by atoms with Gasteiger partial charge in [-0.25, -0.2) is 0 Å². The van der Waals surface area contributed by atoms with Crippen LogP contribution in [0.15, 0.2) is 0 Å². The van der Waals surface area contributed by atoms with Crippen LogP contribution in [-0.2, 0) is 9.47 Å². The normalized spacial score (nSPS) is 40.7. The largest absolute Gasteiger partial charge is 0.375 e. The van der Waals surface area contributed by atoms with Crippen molar-refractivity contribution in [1.29, 1.82) is 0 Å². The number of nitrogens with one attached hydrogen (secondary N) is 1. The molecule has 0 aliphatic carbocycles. The molecule has 2 heterocycles. The van der Waals surface area contributed by atoms with Crippen molar-refractivity contribution in [3.05, 3.63) is 0 Å². The summed E-state index contributed by atoms with van der Waals surface area (Å²) in [5.74, 6) is 0. The molecule has 2 atom stereocenters. The van der Waals surface area contributed by atoms with E-state index < -0.39 is 0 Å². The first-order valence-corrected chi connectivity index (χ1v) is 3.29. The number of hydrogen-bond donors (Lipinski definition) is 1. The lowest BCUT2D eigenvalue weighted by Gasteiger charge is -2.00. The fourth-order valence-corrected chi connectivity index (χ4v) is 1.41. The van der Waals surface area contributed by atoms with Gasteiger partial charge in [0.2, 0.25) is 0 Å². The van der Waals surface area contributed by atoms with Crippen molar-refractivity contribution in [2.45, 2.75) is 12.2 Å². The van der Waals surface area contributed by atoms with Crippen molar-refractivity contribution in [3.63, 3.8) is 0 Å². The number of fused-ring (bicyclic) bond motifs is 1. The monoisotopic (exact) mass is 145 g/mol. The van der Waals surface area contributed by atoms with Gasteiger partial charge in [0.25, 0.3) is 0 Å². The molecule has 0 aromatic heterocycles. The van der Waals surface area contributed by atoms with Crippen LogP contribution in [0, 0.1) is 0 Å². The van der Waals surface area contributed by atoms with E-state index in [1.54, 1.807) is 0 Å². The standard InChI is InChI=1S/C5H7NO2S/c9-5-4-3(1-6-5)7-2-8-4/h3-4H,1-2H2,(H,6,9)/t3-,4-/m1/s1.